The number of nitrogens with zero attached hydrogens (tertiary/aromatic N) is 4. The summed E-state index contributed by atoms with van der Waals surface area (Å²) in [5.41, 5.74) is 10.1. The fourth-order valence-electron chi connectivity index (χ4n) is 6.39. The quantitative estimate of drug-likeness (QED) is 0.396. The van der Waals surface area contributed by atoms with E-state index < -0.39 is 6.10 Å². The molecule has 4 heterocycles. The topological polar surface area (TPSA) is 75.7 Å². The summed E-state index contributed by atoms with van der Waals surface area (Å²) in [5, 5.41) is 10.7. The summed E-state index contributed by atoms with van der Waals surface area (Å²) < 4.78 is 0. The number of nitrogens with one attached hydrogen (secondary N) is 1. The molecule has 0 radical (unpaired) electrons. The first kappa shape index (κ1) is 25.6. The third-order valence-electron chi connectivity index (χ3n) is 8.29. The summed E-state index contributed by atoms with van der Waals surface area (Å²) in [5.74, 6) is -0.101. The lowest BCUT2D eigenvalue weighted by Gasteiger charge is -2.46. The van der Waals surface area contributed by atoms with Gasteiger partial charge in [0.05, 0.1) is 6.10 Å². The Hall–Kier alpha value is -3.68. The Balaban J connectivity index is 1.30. The Morgan fingerprint density at radius 2 is 1.95 bits per heavy atom. The first-order chi connectivity index (χ1) is 18.8. The van der Waals surface area contributed by atoms with E-state index in [4.69, 9.17) is 4.98 Å². The van der Waals surface area contributed by atoms with Gasteiger partial charge >= 0.3 is 0 Å². The van der Waals surface area contributed by atoms with Gasteiger partial charge in [0.1, 0.15) is 5.65 Å². The molecule has 0 bridgehead atoms. The van der Waals surface area contributed by atoms with E-state index in [9.17, 15) is 9.90 Å². The van der Waals surface area contributed by atoms with Crippen molar-refractivity contribution < 1.29 is 9.90 Å². The van der Waals surface area contributed by atoms with Crippen LogP contribution in [0.5, 0.6) is 0 Å². The van der Waals surface area contributed by atoms with Crippen LogP contribution < -0.4 is 4.90 Å². The molecule has 4 aromatic rings. The molecule has 7 heteroatoms. The normalized spacial score (nSPS) is 18.1. The first-order valence-electron chi connectivity index (χ1n) is 13.9. The predicted octanol–water partition coefficient (Wildman–Crippen LogP) is 4.72. The van der Waals surface area contributed by atoms with E-state index in [0.29, 0.717) is 18.2 Å². The zero-order valence-corrected chi connectivity index (χ0v) is 23.2. The Bertz CT molecular complexity index is 1520. The van der Waals surface area contributed by atoms with Crippen molar-refractivity contribution in [1.82, 2.24) is 19.8 Å². The SMILES string of the molecule is Cc1cc(-c2cnc3[nH]cc(-c4ccc(C(=O)N(C)C[C@@H](C)O)cc4)c3c2)cc2c1N1CCN(C)C[C@@H]1CC2. The number of aryl methyl sites for hydroxylation is 2. The van der Waals surface area contributed by atoms with Gasteiger partial charge in [-0.1, -0.05) is 12.1 Å². The molecule has 2 aromatic carbocycles. The van der Waals surface area contributed by atoms with Gasteiger partial charge in [-0.2, -0.15) is 0 Å². The molecule has 6 rings (SSSR count). The van der Waals surface area contributed by atoms with Crippen LogP contribution in [-0.2, 0) is 6.42 Å². The lowest BCUT2D eigenvalue weighted by Crippen LogP contribution is -2.54. The molecule has 1 fully saturated rings. The number of likely N-dealkylation sites (N-methyl/N-ethyl adjacent to an activating group) is 2. The van der Waals surface area contributed by atoms with E-state index in [1.807, 2.05) is 36.7 Å². The van der Waals surface area contributed by atoms with Crippen LogP contribution in [0.3, 0.4) is 0 Å². The molecule has 2 N–H and O–H groups in total. The number of pyridine rings is 1. The average molecular weight is 524 g/mol. The molecule has 39 heavy (non-hydrogen) atoms. The van der Waals surface area contributed by atoms with E-state index in [1.165, 1.54) is 28.8 Å². The molecular weight excluding hydrogens is 486 g/mol. The van der Waals surface area contributed by atoms with Crippen molar-refractivity contribution in [2.45, 2.75) is 38.8 Å². The summed E-state index contributed by atoms with van der Waals surface area (Å²) >= 11 is 0. The number of aromatic nitrogens is 2. The highest BCUT2D eigenvalue weighted by Crippen LogP contribution is 2.39. The van der Waals surface area contributed by atoms with Gasteiger partial charge in [0.15, 0.2) is 0 Å². The van der Waals surface area contributed by atoms with Crippen molar-refractivity contribution in [2.24, 2.45) is 0 Å². The van der Waals surface area contributed by atoms with Gasteiger partial charge in [0, 0.05) is 79.4 Å². The van der Waals surface area contributed by atoms with Gasteiger partial charge in [-0.3, -0.25) is 4.79 Å². The van der Waals surface area contributed by atoms with Gasteiger partial charge in [-0.25, -0.2) is 4.98 Å². The minimum absolute atomic E-state index is 0.101. The number of aliphatic hydroxyl groups excluding tert-OH is 1. The summed E-state index contributed by atoms with van der Waals surface area (Å²) in [6.45, 7) is 7.58. The number of anilines is 1. The number of aromatic amines is 1. The van der Waals surface area contributed by atoms with Crippen LogP contribution in [-0.4, -0.2) is 83.2 Å². The Labute approximate surface area is 230 Å². The lowest BCUT2D eigenvalue weighted by molar-refractivity contribution is 0.0703. The van der Waals surface area contributed by atoms with Crippen LogP contribution in [0.2, 0.25) is 0 Å². The van der Waals surface area contributed by atoms with Crippen LogP contribution in [0.15, 0.2) is 54.9 Å². The van der Waals surface area contributed by atoms with Crippen LogP contribution >= 0.6 is 0 Å². The number of hydrogen-bond acceptors (Lipinski definition) is 5. The van der Waals surface area contributed by atoms with E-state index in [-0.39, 0.29) is 5.91 Å². The molecule has 2 aromatic heterocycles. The molecule has 1 amide bonds. The first-order valence-corrected chi connectivity index (χ1v) is 13.9. The fraction of sp³-hybridized carbons (Fsp3) is 0.375. The number of carbonyl (C=O) groups excluding carboxylic acids is 1. The highest BCUT2D eigenvalue weighted by Gasteiger charge is 2.31. The van der Waals surface area contributed by atoms with Crippen LogP contribution in [0.25, 0.3) is 33.3 Å². The number of benzene rings is 2. The van der Waals surface area contributed by atoms with Gasteiger partial charge < -0.3 is 24.8 Å². The summed E-state index contributed by atoms with van der Waals surface area (Å²) in [6.07, 6.45) is 5.71. The second-order valence-electron chi connectivity index (χ2n) is 11.4. The van der Waals surface area contributed by atoms with Gasteiger partial charge in [-0.15, -0.1) is 0 Å². The third kappa shape index (κ3) is 4.81. The Morgan fingerprint density at radius 1 is 1.15 bits per heavy atom. The smallest absolute Gasteiger partial charge is 0.253 e. The van der Waals surface area contributed by atoms with Crippen LogP contribution in [0, 0.1) is 6.92 Å². The molecule has 0 spiro atoms. The van der Waals surface area contributed by atoms with Crippen molar-refractivity contribution in [1.29, 1.82) is 0 Å². The zero-order valence-electron chi connectivity index (χ0n) is 23.2. The molecule has 0 unspecified atom stereocenters. The molecule has 202 valence electrons. The van der Waals surface area contributed by atoms with Crippen molar-refractivity contribution >= 4 is 22.6 Å². The molecule has 2 atom stereocenters. The number of aliphatic hydroxyl groups is 1. The van der Waals surface area contributed by atoms with Gasteiger partial charge in [0.2, 0.25) is 0 Å². The number of amides is 1. The van der Waals surface area contributed by atoms with E-state index in [0.717, 1.165) is 53.8 Å². The molecule has 7 nitrogen and oxygen atoms in total. The van der Waals surface area contributed by atoms with E-state index in [1.54, 1.807) is 18.9 Å². The second-order valence-corrected chi connectivity index (χ2v) is 11.4. The largest absolute Gasteiger partial charge is 0.392 e. The van der Waals surface area contributed by atoms with Crippen molar-refractivity contribution in [3.05, 3.63) is 71.5 Å². The number of hydrogen-bond donors (Lipinski definition) is 2. The van der Waals surface area contributed by atoms with Crippen molar-refractivity contribution in [3.8, 4) is 22.3 Å². The number of fused-ring (bicyclic) bond motifs is 4. The molecule has 0 saturated carbocycles. The fourth-order valence-corrected chi connectivity index (χ4v) is 6.39. The lowest BCUT2D eigenvalue weighted by atomic mass is 9.89. The summed E-state index contributed by atoms with van der Waals surface area (Å²) in [4.78, 5) is 27.4. The maximum absolute atomic E-state index is 12.7. The number of H-pyrrole nitrogens is 1. The Kier molecular flexibility index (Phi) is 6.65. The molecule has 2 aliphatic heterocycles. The second kappa shape index (κ2) is 10.1. The summed E-state index contributed by atoms with van der Waals surface area (Å²) in [7, 11) is 3.94. The number of rotatable bonds is 5. The maximum Gasteiger partial charge on any atom is 0.253 e. The highest BCUT2D eigenvalue weighted by molar-refractivity contribution is 5.98. The van der Waals surface area contributed by atoms with Crippen LogP contribution in [0.4, 0.5) is 5.69 Å². The van der Waals surface area contributed by atoms with Gasteiger partial charge in [-0.05, 0) is 86.3 Å². The van der Waals surface area contributed by atoms with Gasteiger partial charge in [0.25, 0.3) is 5.91 Å². The predicted molar refractivity (Wildman–Crippen MR) is 157 cm³/mol. The monoisotopic (exact) mass is 523 g/mol. The Morgan fingerprint density at radius 3 is 2.72 bits per heavy atom. The molecule has 0 aliphatic carbocycles. The zero-order chi connectivity index (χ0) is 27.3. The minimum atomic E-state index is -0.561. The van der Waals surface area contributed by atoms with E-state index >= 15 is 0 Å². The van der Waals surface area contributed by atoms with Crippen LogP contribution in [0.1, 0.15) is 34.8 Å². The number of piperazine rings is 1. The van der Waals surface area contributed by atoms with Crippen molar-refractivity contribution in [2.75, 3.05) is 45.2 Å². The minimum Gasteiger partial charge on any atom is -0.392 e. The standard InChI is InChI=1S/C32H37N5O2/c1-20-13-25(14-24-9-10-27-19-35(3)11-12-37(27)30(20)24)26-15-28-29(17-34-31(28)33-16-26)22-5-7-23(8-6-22)32(39)36(4)18-21(2)38/h5-8,13-17,21,27,38H,9-12,18-19H2,1-4H3,(H,33,34)/t21-,27+/m1/s1. The van der Waals surface area contributed by atoms with E-state index in [2.05, 4.69) is 47.0 Å². The average Bonchev–Trinajstić information content (AvgIpc) is 3.35. The molecule has 1 saturated heterocycles. The third-order valence-corrected chi connectivity index (χ3v) is 8.29. The highest BCUT2D eigenvalue weighted by atomic mass is 16.3. The summed E-state index contributed by atoms with van der Waals surface area (Å²) in [6, 6.07) is 15.2. The number of carbonyl (C=O) groups is 1. The molecular formula is C32H37N5O2. The maximum atomic E-state index is 12.7. The molecule has 2 aliphatic rings. The van der Waals surface area contributed by atoms with Crippen molar-refractivity contribution in [3.63, 3.8) is 0 Å².